The average molecular weight is 390 g/mol. The third-order valence-corrected chi connectivity index (χ3v) is 5.19. The van der Waals surface area contributed by atoms with Crippen LogP contribution in [0.15, 0.2) is 35.1 Å². The monoisotopic (exact) mass is 389 g/mol. The van der Waals surface area contributed by atoms with Gasteiger partial charge >= 0.3 is 11.8 Å². The van der Waals surface area contributed by atoms with Crippen molar-refractivity contribution in [2.45, 2.75) is 38.7 Å². The molecule has 1 aliphatic carbocycles. The fourth-order valence-electron chi connectivity index (χ4n) is 3.22. The summed E-state index contributed by atoms with van der Waals surface area (Å²) in [6.45, 7) is 1.73. The first-order valence-corrected chi connectivity index (χ1v) is 9.14. The first-order chi connectivity index (χ1) is 13.0. The van der Waals surface area contributed by atoms with Crippen LogP contribution < -0.4 is 10.7 Å². The van der Waals surface area contributed by atoms with E-state index in [1.54, 1.807) is 25.1 Å². The second-order valence-electron chi connectivity index (χ2n) is 6.57. The summed E-state index contributed by atoms with van der Waals surface area (Å²) in [7, 11) is 0. The fraction of sp³-hybridized carbons (Fsp3) is 0.368. The molecule has 1 saturated carbocycles. The standard InChI is InChI=1S/C19H20ClN3O4/c1-11-14(20)6-4-7-15(11)22-18(25)19(26)23-21-9-12-10-27-16-8-3-2-5-13(16)17(12)24/h4,6-7,9-10,13,16H,2-3,5,8H2,1H3,(H,22,25)(H,23,26)/b21-9+. The molecule has 8 heteroatoms. The molecule has 2 unspecified atom stereocenters. The zero-order valence-corrected chi connectivity index (χ0v) is 15.6. The summed E-state index contributed by atoms with van der Waals surface area (Å²) in [5.41, 5.74) is 3.49. The molecule has 1 aliphatic heterocycles. The van der Waals surface area contributed by atoms with Gasteiger partial charge in [-0.2, -0.15) is 5.10 Å². The number of halogens is 1. The zero-order chi connectivity index (χ0) is 19.4. The number of hydrazone groups is 1. The van der Waals surface area contributed by atoms with Crippen LogP contribution >= 0.6 is 11.6 Å². The van der Waals surface area contributed by atoms with E-state index < -0.39 is 11.8 Å². The first kappa shape index (κ1) is 19.1. The van der Waals surface area contributed by atoms with Gasteiger partial charge < -0.3 is 10.1 Å². The van der Waals surface area contributed by atoms with Crippen LogP contribution in [0.25, 0.3) is 0 Å². The number of anilines is 1. The Labute approximate surface area is 161 Å². The second-order valence-corrected chi connectivity index (χ2v) is 6.98. The van der Waals surface area contributed by atoms with Crippen LogP contribution in [-0.4, -0.2) is 29.9 Å². The molecule has 7 nitrogen and oxygen atoms in total. The summed E-state index contributed by atoms with van der Waals surface area (Å²) in [5, 5.41) is 6.66. The van der Waals surface area contributed by atoms with Crippen molar-refractivity contribution in [2.24, 2.45) is 11.0 Å². The number of Topliss-reactive ketones (excluding diaryl/α,β-unsaturated/α-hetero) is 1. The van der Waals surface area contributed by atoms with E-state index in [-0.39, 0.29) is 23.4 Å². The van der Waals surface area contributed by atoms with Crippen LogP contribution in [0.1, 0.15) is 31.2 Å². The minimum atomic E-state index is -0.953. The number of fused-ring (bicyclic) bond motifs is 1. The highest BCUT2D eigenvalue weighted by molar-refractivity contribution is 6.40. The Kier molecular flexibility index (Phi) is 5.91. The van der Waals surface area contributed by atoms with E-state index in [0.29, 0.717) is 16.3 Å². The summed E-state index contributed by atoms with van der Waals surface area (Å²) >= 11 is 5.98. The van der Waals surface area contributed by atoms with E-state index in [4.69, 9.17) is 16.3 Å². The highest BCUT2D eigenvalue weighted by atomic mass is 35.5. The molecule has 1 heterocycles. The van der Waals surface area contributed by atoms with Gasteiger partial charge in [-0.25, -0.2) is 5.43 Å². The molecule has 3 rings (SSSR count). The number of ketones is 1. The zero-order valence-electron chi connectivity index (χ0n) is 14.8. The molecule has 2 amide bonds. The number of hydrogen-bond donors (Lipinski definition) is 2. The number of carbonyl (C=O) groups is 3. The van der Waals surface area contributed by atoms with Crippen LogP contribution in [-0.2, 0) is 19.1 Å². The number of hydrogen-bond acceptors (Lipinski definition) is 5. The summed E-state index contributed by atoms with van der Waals surface area (Å²) in [5.74, 6) is -2.03. The molecular formula is C19H20ClN3O4. The Balaban J connectivity index is 1.56. The molecule has 27 heavy (non-hydrogen) atoms. The van der Waals surface area contributed by atoms with Crippen molar-refractivity contribution in [3.8, 4) is 0 Å². The number of nitrogens with one attached hydrogen (secondary N) is 2. The minimum Gasteiger partial charge on any atom is -0.496 e. The SMILES string of the molecule is Cc1c(Cl)cccc1NC(=O)C(=O)N/N=C/C1=COC2CCCCC2C1=O. The van der Waals surface area contributed by atoms with Crippen LogP contribution in [0.2, 0.25) is 5.02 Å². The number of rotatable bonds is 3. The second kappa shape index (κ2) is 8.35. The molecule has 2 N–H and O–H groups in total. The largest absolute Gasteiger partial charge is 0.496 e. The van der Waals surface area contributed by atoms with E-state index in [1.807, 2.05) is 0 Å². The van der Waals surface area contributed by atoms with Crippen molar-refractivity contribution >= 4 is 41.1 Å². The van der Waals surface area contributed by atoms with Gasteiger partial charge in [0.05, 0.1) is 24.0 Å². The minimum absolute atomic E-state index is 0.0389. The molecule has 2 aliphatic rings. The van der Waals surface area contributed by atoms with E-state index in [2.05, 4.69) is 15.8 Å². The Bertz CT molecular complexity index is 834. The van der Waals surface area contributed by atoms with Crippen molar-refractivity contribution in [1.29, 1.82) is 0 Å². The van der Waals surface area contributed by atoms with Crippen molar-refractivity contribution in [1.82, 2.24) is 5.43 Å². The predicted molar refractivity (Wildman–Crippen MR) is 101 cm³/mol. The number of nitrogens with zero attached hydrogens (tertiary/aromatic N) is 1. The number of benzene rings is 1. The lowest BCUT2D eigenvalue weighted by atomic mass is 9.80. The average Bonchev–Trinajstić information content (AvgIpc) is 2.67. The normalized spacial score (nSPS) is 21.9. The molecule has 2 atom stereocenters. The van der Waals surface area contributed by atoms with Gasteiger partial charge in [-0.05, 0) is 43.9 Å². The third kappa shape index (κ3) is 4.36. The van der Waals surface area contributed by atoms with Gasteiger partial charge in [0.25, 0.3) is 0 Å². The lowest BCUT2D eigenvalue weighted by molar-refractivity contribution is -0.136. The summed E-state index contributed by atoms with van der Waals surface area (Å²) in [4.78, 5) is 36.3. The summed E-state index contributed by atoms with van der Waals surface area (Å²) in [6, 6.07) is 4.99. The molecule has 0 aromatic heterocycles. The van der Waals surface area contributed by atoms with E-state index >= 15 is 0 Å². The van der Waals surface area contributed by atoms with Crippen LogP contribution in [0, 0.1) is 12.8 Å². The Morgan fingerprint density at radius 2 is 2.04 bits per heavy atom. The number of carbonyl (C=O) groups excluding carboxylic acids is 3. The quantitative estimate of drug-likeness (QED) is 0.472. The van der Waals surface area contributed by atoms with E-state index in [1.165, 1.54) is 12.5 Å². The number of ether oxygens (including phenoxy) is 1. The van der Waals surface area contributed by atoms with Gasteiger partial charge in [0.15, 0.2) is 5.78 Å². The van der Waals surface area contributed by atoms with Gasteiger partial charge in [-0.3, -0.25) is 14.4 Å². The Hall–Kier alpha value is -2.67. The predicted octanol–water partition coefficient (Wildman–Crippen LogP) is 2.73. The van der Waals surface area contributed by atoms with Crippen molar-refractivity contribution in [2.75, 3.05) is 5.32 Å². The topological polar surface area (TPSA) is 96.9 Å². The molecule has 1 aromatic rings. The smallest absolute Gasteiger partial charge is 0.329 e. The molecule has 0 radical (unpaired) electrons. The van der Waals surface area contributed by atoms with E-state index in [9.17, 15) is 14.4 Å². The number of amides is 2. The molecule has 0 spiro atoms. The highest BCUT2D eigenvalue weighted by Gasteiger charge is 2.36. The first-order valence-electron chi connectivity index (χ1n) is 8.76. The van der Waals surface area contributed by atoms with Crippen molar-refractivity contribution < 1.29 is 19.1 Å². The Morgan fingerprint density at radius 3 is 2.85 bits per heavy atom. The summed E-state index contributed by atoms with van der Waals surface area (Å²) < 4.78 is 5.59. The third-order valence-electron chi connectivity index (χ3n) is 4.79. The maximum atomic E-state index is 12.4. The van der Waals surface area contributed by atoms with E-state index in [0.717, 1.165) is 25.7 Å². The molecule has 1 fully saturated rings. The van der Waals surface area contributed by atoms with Crippen LogP contribution in [0.5, 0.6) is 0 Å². The van der Waals surface area contributed by atoms with Gasteiger partial charge in [0.2, 0.25) is 0 Å². The maximum Gasteiger partial charge on any atom is 0.329 e. The molecule has 142 valence electrons. The molecular weight excluding hydrogens is 370 g/mol. The lowest BCUT2D eigenvalue weighted by Gasteiger charge is -2.33. The number of allylic oxidation sites excluding steroid dienone is 1. The Morgan fingerprint density at radius 1 is 1.26 bits per heavy atom. The van der Waals surface area contributed by atoms with Gasteiger partial charge in [-0.1, -0.05) is 24.1 Å². The van der Waals surface area contributed by atoms with Gasteiger partial charge in [-0.15, -0.1) is 0 Å². The molecule has 1 aromatic carbocycles. The van der Waals surface area contributed by atoms with Crippen LogP contribution in [0.3, 0.4) is 0 Å². The van der Waals surface area contributed by atoms with Gasteiger partial charge in [0, 0.05) is 10.7 Å². The highest BCUT2D eigenvalue weighted by Crippen LogP contribution is 2.32. The fourth-order valence-corrected chi connectivity index (χ4v) is 3.39. The van der Waals surface area contributed by atoms with Crippen LogP contribution in [0.4, 0.5) is 5.69 Å². The van der Waals surface area contributed by atoms with Gasteiger partial charge in [0.1, 0.15) is 6.10 Å². The van der Waals surface area contributed by atoms with Crippen molar-refractivity contribution in [3.05, 3.63) is 40.6 Å². The molecule has 0 saturated heterocycles. The summed E-state index contributed by atoms with van der Waals surface area (Å²) in [6.07, 6.45) is 6.25. The molecule has 0 bridgehead atoms. The maximum absolute atomic E-state index is 12.4. The van der Waals surface area contributed by atoms with Crippen molar-refractivity contribution in [3.63, 3.8) is 0 Å². The lowest BCUT2D eigenvalue weighted by Crippen LogP contribution is -2.37.